The molecule has 1 saturated heterocycles. The highest BCUT2D eigenvalue weighted by Crippen LogP contribution is 2.36. The van der Waals surface area contributed by atoms with Gasteiger partial charge in [-0.05, 0) is 56.7 Å². The van der Waals surface area contributed by atoms with Gasteiger partial charge in [0.05, 0.1) is 12.2 Å². The number of hydrogen-bond acceptors (Lipinski definition) is 4. The van der Waals surface area contributed by atoms with Crippen molar-refractivity contribution in [3.63, 3.8) is 0 Å². The number of pyridine rings is 1. The van der Waals surface area contributed by atoms with Gasteiger partial charge in [0.15, 0.2) is 0 Å². The number of carbonyl (C=O) groups excluding carboxylic acids is 1. The SMILES string of the molecule is CCOC[C@]1(CCc2cccs2)CCN(C(=O)c2ccc(C)nc2)C1. The van der Waals surface area contributed by atoms with Crippen LogP contribution < -0.4 is 0 Å². The number of carbonyl (C=O) groups is 1. The average Bonchev–Trinajstić information content (AvgIpc) is 3.29. The molecule has 0 unspecified atom stereocenters. The van der Waals surface area contributed by atoms with Crippen molar-refractivity contribution in [2.24, 2.45) is 5.41 Å². The van der Waals surface area contributed by atoms with Crippen molar-refractivity contribution >= 4 is 17.2 Å². The minimum Gasteiger partial charge on any atom is -0.381 e. The minimum absolute atomic E-state index is 0.0633. The van der Waals surface area contributed by atoms with Gasteiger partial charge in [-0.25, -0.2) is 0 Å². The molecule has 1 fully saturated rings. The lowest BCUT2D eigenvalue weighted by Crippen LogP contribution is -2.35. The number of aryl methyl sites for hydroxylation is 2. The van der Waals surface area contributed by atoms with E-state index in [4.69, 9.17) is 4.74 Å². The fourth-order valence-corrected chi connectivity index (χ4v) is 4.15. The molecule has 2 aromatic rings. The molecule has 0 spiro atoms. The van der Waals surface area contributed by atoms with E-state index < -0.39 is 0 Å². The lowest BCUT2D eigenvalue weighted by atomic mass is 9.83. The van der Waals surface area contributed by atoms with E-state index in [2.05, 4.69) is 22.5 Å². The second kappa shape index (κ2) is 8.11. The molecule has 0 aliphatic carbocycles. The maximum atomic E-state index is 12.8. The number of aromatic nitrogens is 1. The molecule has 1 aliphatic heterocycles. The molecule has 4 nitrogen and oxygen atoms in total. The molecule has 0 saturated carbocycles. The molecular formula is C20H26N2O2S. The third kappa shape index (κ3) is 4.47. The molecule has 5 heteroatoms. The average molecular weight is 359 g/mol. The van der Waals surface area contributed by atoms with E-state index in [0.29, 0.717) is 5.56 Å². The van der Waals surface area contributed by atoms with Crippen LogP contribution in [0, 0.1) is 12.3 Å². The van der Waals surface area contributed by atoms with Crippen molar-refractivity contribution in [3.05, 3.63) is 52.0 Å². The van der Waals surface area contributed by atoms with Gasteiger partial charge < -0.3 is 9.64 Å². The molecule has 25 heavy (non-hydrogen) atoms. The van der Waals surface area contributed by atoms with E-state index in [0.717, 1.165) is 51.3 Å². The Bertz CT molecular complexity index is 684. The first-order valence-electron chi connectivity index (χ1n) is 8.94. The Hall–Kier alpha value is -1.72. The highest BCUT2D eigenvalue weighted by molar-refractivity contribution is 7.09. The zero-order chi connectivity index (χ0) is 17.7. The fraction of sp³-hybridized carbons (Fsp3) is 0.500. The zero-order valence-electron chi connectivity index (χ0n) is 15.0. The predicted molar refractivity (Wildman–Crippen MR) is 101 cm³/mol. The normalized spacial score (nSPS) is 20.2. The van der Waals surface area contributed by atoms with Crippen molar-refractivity contribution in [3.8, 4) is 0 Å². The van der Waals surface area contributed by atoms with E-state index in [1.807, 2.05) is 30.9 Å². The van der Waals surface area contributed by atoms with Crippen LogP contribution in [0.3, 0.4) is 0 Å². The summed E-state index contributed by atoms with van der Waals surface area (Å²) in [5, 5.41) is 2.12. The van der Waals surface area contributed by atoms with Crippen molar-refractivity contribution in [1.29, 1.82) is 0 Å². The van der Waals surface area contributed by atoms with E-state index in [-0.39, 0.29) is 11.3 Å². The van der Waals surface area contributed by atoms with E-state index in [9.17, 15) is 4.79 Å². The van der Waals surface area contributed by atoms with Crippen LogP contribution >= 0.6 is 11.3 Å². The van der Waals surface area contributed by atoms with Gasteiger partial charge in [-0.1, -0.05) is 6.07 Å². The summed E-state index contributed by atoms with van der Waals surface area (Å²) in [5.74, 6) is 0.0852. The molecule has 3 rings (SSSR count). The number of ether oxygens (including phenoxy) is 1. The quantitative estimate of drug-likeness (QED) is 0.752. The monoisotopic (exact) mass is 358 g/mol. The molecule has 0 N–H and O–H groups in total. The Morgan fingerprint density at radius 1 is 1.40 bits per heavy atom. The van der Waals surface area contributed by atoms with Gasteiger partial charge in [-0.15, -0.1) is 11.3 Å². The number of nitrogens with zero attached hydrogens (tertiary/aromatic N) is 2. The Morgan fingerprint density at radius 2 is 2.28 bits per heavy atom. The molecule has 0 aromatic carbocycles. The van der Waals surface area contributed by atoms with E-state index in [1.54, 1.807) is 17.5 Å². The molecular weight excluding hydrogens is 332 g/mol. The highest BCUT2D eigenvalue weighted by Gasteiger charge is 2.40. The molecule has 134 valence electrons. The lowest BCUT2D eigenvalue weighted by Gasteiger charge is -2.29. The van der Waals surface area contributed by atoms with Gasteiger partial charge in [-0.2, -0.15) is 0 Å². The van der Waals surface area contributed by atoms with Crippen LogP contribution in [-0.4, -0.2) is 42.1 Å². The summed E-state index contributed by atoms with van der Waals surface area (Å²) in [6.07, 6.45) is 4.80. The lowest BCUT2D eigenvalue weighted by molar-refractivity contribution is 0.0466. The Kier molecular flexibility index (Phi) is 5.86. The summed E-state index contributed by atoms with van der Waals surface area (Å²) in [6, 6.07) is 8.06. The van der Waals surface area contributed by atoms with Crippen molar-refractivity contribution in [2.45, 2.75) is 33.1 Å². The zero-order valence-corrected chi connectivity index (χ0v) is 15.8. The number of rotatable bonds is 7. The third-order valence-corrected chi connectivity index (χ3v) is 5.91. The summed E-state index contributed by atoms with van der Waals surface area (Å²) in [4.78, 5) is 20.4. The summed E-state index contributed by atoms with van der Waals surface area (Å²) in [5.41, 5.74) is 1.67. The predicted octanol–water partition coefficient (Wildman–Crippen LogP) is 3.95. The largest absolute Gasteiger partial charge is 0.381 e. The highest BCUT2D eigenvalue weighted by atomic mass is 32.1. The first kappa shape index (κ1) is 18.1. The van der Waals surface area contributed by atoms with Gasteiger partial charge >= 0.3 is 0 Å². The Morgan fingerprint density at radius 3 is 2.96 bits per heavy atom. The van der Waals surface area contributed by atoms with Gasteiger partial charge in [0.2, 0.25) is 0 Å². The second-order valence-electron chi connectivity index (χ2n) is 6.88. The Labute approximate surface area is 153 Å². The molecule has 0 bridgehead atoms. The van der Waals surface area contributed by atoms with Crippen LogP contribution in [0.5, 0.6) is 0 Å². The van der Waals surface area contributed by atoms with Crippen LogP contribution in [0.25, 0.3) is 0 Å². The standard InChI is InChI=1S/C20H26N2O2S/c1-3-24-15-20(9-8-18-5-4-12-25-18)10-11-22(14-20)19(23)17-7-6-16(2)21-13-17/h4-7,12-13H,3,8-11,14-15H2,1-2H3/t20-/m1/s1. The van der Waals surface area contributed by atoms with Crippen LogP contribution in [0.4, 0.5) is 0 Å². The molecule has 3 heterocycles. The third-order valence-electron chi connectivity index (χ3n) is 4.98. The molecule has 1 atom stereocenters. The van der Waals surface area contributed by atoms with Crippen molar-refractivity contribution in [2.75, 3.05) is 26.3 Å². The molecule has 1 amide bonds. The fourth-order valence-electron chi connectivity index (χ4n) is 3.44. The maximum absolute atomic E-state index is 12.8. The summed E-state index contributed by atoms with van der Waals surface area (Å²) < 4.78 is 5.79. The number of thiophene rings is 1. The van der Waals surface area contributed by atoms with Gasteiger partial charge in [0.1, 0.15) is 0 Å². The maximum Gasteiger partial charge on any atom is 0.255 e. The topological polar surface area (TPSA) is 42.4 Å². The molecule has 0 radical (unpaired) electrons. The number of amides is 1. The Balaban J connectivity index is 1.67. The van der Waals surface area contributed by atoms with Gasteiger partial charge in [-0.3, -0.25) is 9.78 Å². The smallest absolute Gasteiger partial charge is 0.255 e. The van der Waals surface area contributed by atoms with E-state index in [1.165, 1.54) is 4.88 Å². The van der Waals surface area contributed by atoms with Gasteiger partial charge in [0.25, 0.3) is 5.91 Å². The number of hydrogen-bond donors (Lipinski definition) is 0. The van der Waals surface area contributed by atoms with Crippen LogP contribution in [-0.2, 0) is 11.2 Å². The second-order valence-corrected chi connectivity index (χ2v) is 7.91. The van der Waals surface area contributed by atoms with Crippen LogP contribution in [0.1, 0.15) is 40.7 Å². The summed E-state index contributed by atoms with van der Waals surface area (Å²) in [6.45, 7) is 6.97. The van der Waals surface area contributed by atoms with E-state index >= 15 is 0 Å². The first-order chi connectivity index (χ1) is 12.1. The van der Waals surface area contributed by atoms with Crippen LogP contribution in [0.15, 0.2) is 35.8 Å². The van der Waals surface area contributed by atoms with Crippen molar-refractivity contribution in [1.82, 2.24) is 9.88 Å². The van der Waals surface area contributed by atoms with Crippen LogP contribution in [0.2, 0.25) is 0 Å². The summed E-state index contributed by atoms with van der Waals surface area (Å²) in [7, 11) is 0. The minimum atomic E-state index is 0.0633. The first-order valence-corrected chi connectivity index (χ1v) is 9.82. The summed E-state index contributed by atoms with van der Waals surface area (Å²) >= 11 is 1.80. The molecule has 2 aromatic heterocycles. The van der Waals surface area contributed by atoms with Crippen molar-refractivity contribution < 1.29 is 9.53 Å². The van der Waals surface area contributed by atoms with Gasteiger partial charge in [0, 0.05) is 41.9 Å². The molecule has 1 aliphatic rings. The number of likely N-dealkylation sites (tertiary alicyclic amines) is 1.